The summed E-state index contributed by atoms with van der Waals surface area (Å²) in [7, 11) is 0. The summed E-state index contributed by atoms with van der Waals surface area (Å²) in [5.74, 6) is -0.191. The van der Waals surface area contributed by atoms with Crippen LogP contribution in [0.3, 0.4) is 0 Å². The van der Waals surface area contributed by atoms with Gasteiger partial charge in [-0.25, -0.2) is 19.3 Å². The van der Waals surface area contributed by atoms with Crippen LogP contribution in [0.15, 0.2) is 30.9 Å². The fourth-order valence-electron chi connectivity index (χ4n) is 3.87. The molecule has 1 aromatic carbocycles. The van der Waals surface area contributed by atoms with E-state index >= 15 is 0 Å². The molecule has 2 aromatic heterocycles. The molecule has 5 atom stereocenters. The number of rotatable bonds is 5. The number of hydrogen-bond acceptors (Lipinski definition) is 10. The van der Waals surface area contributed by atoms with E-state index in [1.54, 1.807) is 10.6 Å². The maximum Gasteiger partial charge on any atom is 0.327 e. The first-order valence-corrected chi connectivity index (χ1v) is 13.1. The molecule has 5 rings (SSSR count). The zero-order valence-electron chi connectivity index (χ0n) is 17.1. The van der Waals surface area contributed by atoms with Crippen molar-refractivity contribution in [3.8, 4) is 0 Å². The highest BCUT2D eigenvalue weighted by Crippen LogP contribution is 2.58. The number of aliphatic hydroxyl groups is 1. The normalized spacial score (nSPS) is 30.2. The van der Waals surface area contributed by atoms with Crippen molar-refractivity contribution in [2.45, 2.75) is 37.4 Å². The van der Waals surface area contributed by atoms with Gasteiger partial charge in [-0.1, -0.05) is 17.7 Å². The maximum absolute atomic E-state index is 13.4. The van der Waals surface area contributed by atoms with Crippen LogP contribution in [0.1, 0.15) is 30.7 Å². The standard InChI is InChI=1S/C19H20ClFN5O5PS/c20-13-5-10(21)1-2-12(13)15-3-4-28-32(33,31-15)29-7-11-6-14(27)19(30-11)26-9-25-16-17(22)23-8-24-18(16)26/h1-2,5,8-9,11,14-15,19,27H,3-4,6-7H2,(H2,22,23,24)/t11-,14?,15?,19+,32?/m0/s1. The molecule has 176 valence electrons. The van der Waals surface area contributed by atoms with Gasteiger partial charge in [-0.3, -0.25) is 4.57 Å². The van der Waals surface area contributed by atoms with Crippen LogP contribution in [0.2, 0.25) is 5.02 Å². The predicted molar refractivity (Wildman–Crippen MR) is 120 cm³/mol. The van der Waals surface area contributed by atoms with Crippen LogP contribution in [0.4, 0.5) is 10.2 Å². The van der Waals surface area contributed by atoms with Crippen molar-refractivity contribution in [1.82, 2.24) is 19.5 Å². The number of imidazole rings is 1. The Hall–Kier alpha value is -1.76. The monoisotopic (exact) mass is 515 g/mol. The van der Waals surface area contributed by atoms with Gasteiger partial charge in [0.1, 0.15) is 23.8 Å². The summed E-state index contributed by atoms with van der Waals surface area (Å²) in [6.07, 6.45) is 1.14. The molecule has 4 heterocycles. The summed E-state index contributed by atoms with van der Waals surface area (Å²) in [6.45, 7) is -2.73. The number of benzene rings is 1. The first-order valence-electron chi connectivity index (χ1n) is 10.1. The van der Waals surface area contributed by atoms with Crippen LogP contribution in [-0.4, -0.2) is 50.0 Å². The van der Waals surface area contributed by atoms with Crippen LogP contribution in [0.25, 0.3) is 11.2 Å². The summed E-state index contributed by atoms with van der Waals surface area (Å²) >= 11 is 11.7. The smallest absolute Gasteiger partial charge is 0.327 e. The Balaban J connectivity index is 1.25. The van der Waals surface area contributed by atoms with Crippen molar-refractivity contribution < 1.29 is 27.8 Å². The van der Waals surface area contributed by atoms with Crippen LogP contribution >= 0.6 is 18.3 Å². The number of nitrogens with zero attached hydrogens (tertiary/aromatic N) is 4. The van der Waals surface area contributed by atoms with Gasteiger partial charge in [0.25, 0.3) is 0 Å². The van der Waals surface area contributed by atoms with Gasteiger partial charge in [0.05, 0.1) is 31.7 Å². The quantitative estimate of drug-likeness (QED) is 0.489. The van der Waals surface area contributed by atoms with Crippen molar-refractivity contribution in [3.63, 3.8) is 0 Å². The minimum Gasteiger partial charge on any atom is -0.388 e. The highest BCUT2D eigenvalue weighted by molar-refractivity contribution is 8.07. The summed E-state index contributed by atoms with van der Waals surface area (Å²) < 4.78 is 38.4. The zero-order chi connectivity index (χ0) is 23.2. The largest absolute Gasteiger partial charge is 0.388 e. The molecule has 3 N–H and O–H groups in total. The van der Waals surface area contributed by atoms with Gasteiger partial charge in [0.2, 0.25) is 0 Å². The molecule has 0 radical (unpaired) electrons. The van der Waals surface area contributed by atoms with E-state index in [9.17, 15) is 9.50 Å². The third-order valence-corrected chi connectivity index (χ3v) is 8.14. The molecule has 0 amide bonds. The molecule has 0 saturated carbocycles. The summed E-state index contributed by atoms with van der Waals surface area (Å²) in [6, 6.07) is 4.11. The molecule has 2 fully saturated rings. The molecular weight excluding hydrogens is 496 g/mol. The Bertz CT molecular complexity index is 1230. The van der Waals surface area contributed by atoms with Gasteiger partial charge in [-0.15, -0.1) is 0 Å². The lowest BCUT2D eigenvalue weighted by Crippen LogP contribution is -2.20. The second-order valence-electron chi connectivity index (χ2n) is 7.66. The van der Waals surface area contributed by atoms with E-state index in [2.05, 4.69) is 15.0 Å². The first-order chi connectivity index (χ1) is 15.8. The molecule has 10 nitrogen and oxygen atoms in total. The Morgan fingerprint density at radius 1 is 1.36 bits per heavy atom. The number of nitrogen functional groups attached to an aromatic ring is 1. The fraction of sp³-hybridized carbons (Fsp3) is 0.421. The van der Waals surface area contributed by atoms with Crippen molar-refractivity contribution in [1.29, 1.82) is 0 Å². The second-order valence-corrected chi connectivity index (χ2v) is 11.0. The van der Waals surface area contributed by atoms with Crippen LogP contribution in [0.5, 0.6) is 0 Å². The first kappa shape index (κ1) is 23.0. The van der Waals surface area contributed by atoms with E-state index in [0.29, 0.717) is 36.2 Å². The Morgan fingerprint density at radius 3 is 3.03 bits per heavy atom. The van der Waals surface area contributed by atoms with Gasteiger partial charge < -0.3 is 29.1 Å². The number of hydrogen-bond donors (Lipinski definition) is 2. The van der Waals surface area contributed by atoms with Crippen LogP contribution in [-0.2, 0) is 30.1 Å². The van der Waals surface area contributed by atoms with E-state index < -0.39 is 37.1 Å². The average Bonchev–Trinajstić information content (AvgIpc) is 3.36. The maximum atomic E-state index is 13.4. The summed E-state index contributed by atoms with van der Waals surface area (Å²) in [5.41, 5.74) is 7.34. The molecule has 2 saturated heterocycles. The molecule has 0 aliphatic carbocycles. The van der Waals surface area contributed by atoms with E-state index in [-0.39, 0.29) is 17.4 Å². The number of anilines is 1. The van der Waals surface area contributed by atoms with E-state index in [0.717, 1.165) is 0 Å². The fourth-order valence-corrected chi connectivity index (χ4v) is 6.28. The second kappa shape index (κ2) is 9.12. The van der Waals surface area contributed by atoms with E-state index in [1.165, 1.54) is 24.8 Å². The molecule has 3 aromatic rings. The number of aliphatic hydroxyl groups excluding tert-OH is 1. The van der Waals surface area contributed by atoms with Crippen molar-refractivity contribution >= 4 is 47.1 Å². The van der Waals surface area contributed by atoms with E-state index in [4.69, 9.17) is 47.4 Å². The highest BCUT2D eigenvalue weighted by Gasteiger charge is 2.39. The molecule has 2 aliphatic heterocycles. The Kier molecular flexibility index (Phi) is 6.36. The van der Waals surface area contributed by atoms with Gasteiger partial charge in [0, 0.05) is 23.4 Å². The number of aromatic nitrogens is 4. The third-order valence-electron chi connectivity index (χ3n) is 5.44. The van der Waals surface area contributed by atoms with E-state index in [1.807, 2.05) is 0 Å². The summed E-state index contributed by atoms with van der Waals surface area (Å²) in [5, 5.41) is 10.8. The molecule has 0 bridgehead atoms. The van der Waals surface area contributed by atoms with Gasteiger partial charge in [-0.2, -0.15) is 0 Å². The molecule has 0 spiro atoms. The van der Waals surface area contributed by atoms with Gasteiger partial charge >= 0.3 is 6.72 Å². The minimum atomic E-state index is -3.10. The lowest BCUT2D eigenvalue weighted by atomic mass is 10.1. The number of fused-ring (bicyclic) bond motifs is 1. The van der Waals surface area contributed by atoms with Crippen molar-refractivity contribution in [2.24, 2.45) is 0 Å². The minimum absolute atomic E-state index is 0.0540. The SMILES string of the molecule is Nc1ncnc2c1ncn2[C@@H]1O[C@H](COP2(=S)OCCC(c3ccc(F)cc3Cl)O2)CC1O. The third kappa shape index (κ3) is 4.62. The van der Waals surface area contributed by atoms with Crippen molar-refractivity contribution in [3.05, 3.63) is 47.3 Å². The number of ether oxygens (including phenoxy) is 1. The molecule has 2 aliphatic rings. The number of halogens is 2. The predicted octanol–water partition coefficient (Wildman–Crippen LogP) is 3.27. The topological polar surface area (TPSA) is 127 Å². The molecule has 33 heavy (non-hydrogen) atoms. The number of nitrogens with two attached hydrogens (primary N) is 1. The van der Waals surface area contributed by atoms with Gasteiger partial charge in [-0.05, 0) is 23.9 Å². The van der Waals surface area contributed by atoms with Gasteiger partial charge in [0.15, 0.2) is 17.7 Å². The molecule has 3 unspecified atom stereocenters. The average molecular weight is 516 g/mol. The molecular formula is C19H20ClFN5O5PS. The summed E-state index contributed by atoms with van der Waals surface area (Å²) in [4.78, 5) is 12.3. The molecule has 14 heteroatoms. The van der Waals surface area contributed by atoms with Crippen LogP contribution in [0, 0.1) is 5.82 Å². The Labute approximate surface area is 198 Å². The van der Waals surface area contributed by atoms with Crippen molar-refractivity contribution in [2.75, 3.05) is 18.9 Å². The Morgan fingerprint density at radius 2 is 2.21 bits per heavy atom. The van der Waals surface area contributed by atoms with Crippen LogP contribution < -0.4 is 5.73 Å². The lowest BCUT2D eigenvalue weighted by molar-refractivity contribution is -0.0505. The zero-order valence-corrected chi connectivity index (χ0v) is 19.5. The lowest BCUT2D eigenvalue weighted by Gasteiger charge is -2.32. The highest BCUT2D eigenvalue weighted by atomic mass is 35.5.